The van der Waals surface area contributed by atoms with Crippen molar-refractivity contribution in [1.82, 2.24) is 25.8 Å². The van der Waals surface area contributed by atoms with Crippen LogP contribution in [0.5, 0.6) is 0 Å². The number of nitrogens with one attached hydrogen (secondary N) is 2. The van der Waals surface area contributed by atoms with E-state index in [-0.39, 0.29) is 11.4 Å². The molecule has 36 heavy (non-hydrogen) atoms. The third-order valence-electron chi connectivity index (χ3n) is 5.23. The van der Waals surface area contributed by atoms with Crippen molar-refractivity contribution in [1.29, 1.82) is 0 Å². The van der Waals surface area contributed by atoms with E-state index in [0.717, 1.165) is 32.9 Å². The monoisotopic (exact) mass is 473 g/mol. The van der Waals surface area contributed by atoms with Crippen molar-refractivity contribution in [2.45, 2.75) is 0 Å². The standard InChI is InChI=1S/C27H19N7O2/c35-26(33-30-16-18-8-10-22-20(14-18)4-2-12-28-22)24-6-1-7-25(32-24)27(36)34-31-17-19-9-11-23-21(15-19)5-3-13-29-23/h1-17H,(H,33,35)(H,34,36). The van der Waals surface area contributed by atoms with Crippen molar-refractivity contribution in [3.63, 3.8) is 0 Å². The fourth-order valence-corrected chi connectivity index (χ4v) is 3.48. The van der Waals surface area contributed by atoms with Crippen molar-refractivity contribution >= 4 is 46.0 Å². The summed E-state index contributed by atoms with van der Waals surface area (Å²) in [5, 5.41) is 9.91. The summed E-state index contributed by atoms with van der Waals surface area (Å²) in [6, 6.07) is 23.4. The highest BCUT2D eigenvalue weighted by molar-refractivity contribution is 5.97. The van der Waals surface area contributed by atoms with Gasteiger partial charge in [-0.15, -0.1) is 0 Å². The molecule has 0 bridgehead atoms. The Balaban J connectivity index is 1.20. The minimum absolute atomic E-state index is 0.0496. The van der Waals surface area contributed by atoms with Crippen LogP contribution in [0.1, 0.15) is 32.1 Å². The molecule has 0 radical (unpaired) electrons. The first-order chi connectivity index (χ1) is 17.7. The van der Waals surface area contributed by atoms with Crippen LogP contribution in [0.25, 0.3) is 21.8 Å². The molecular weight excluding hydrogens is 454 g/mol. The zero-order valence-corrected chi connectivity index (χ0v) is 18.9. The van der Waals surface area contributed by atoms with Crippen LogP contribution in [0, 0.1) is 0 Å². The van der Waals surface area contributed by atoms with Crippen LogP contribution in [0.2, 0.25) is 0 Å². The van der Waals surface area contributed by atoms with Gasteiger partial charge in [0.05, 0.1) is 23.5 Å². The van der Waals surface area contributed by atoms with Crippen LogP contribution in [-0.2, 0) is 0 Å². The van der Waals surface area contributed by atoms with E-state index in [1.54, 1.807) is 18.5 Å². The van der Waals surface area contributed by atoms with Crippen molar-refractivity contribution in [3.05, 3.63) is 114 Å². The van der Waals surface area contributed by atoms with E-state index in [1.807, 2.05) is 60.7 Å². The van der Waals surface area contributed by atoms with Gasteiger partial charge in [0.25, 0.3) is 11.8 Å². The molecule has 0 saturated carbocycles. The molecule has 9 heteroatoms. The Morgan fingerprint density at radius 2 is 1.14 bits per heavy atom. The number of aromatic nitrogens is 3. The van der Waals surface area contributed by atoms with E-state index in [2.05, 4.69) is 36.0 Å². The summed E-state index contributed by atoms with van der Waals surface area (Å²) in [4.78, 5) is 37.6. The predicted molar refractivity (Wildman–Crippen MR) is 138 cm³/mol. The van der Waals surface area contributed by atoms with Gasteiger partial charge in [-0.1, -0.05) is 30.3 Å². The third kappa shape index (κ3) is 5.26. The second kappa shape index (κ2) is 10.3. The van der Waals surface area contributed by atoms with E-state index in [1.165, 1.54) is 24.6 Å². The second-order valence-corrected chi connectivity index (χ2v) is 7.72. The molecule has 9 nitrogen and oxygen atoms in total. The highest BCUT2D eigenvalue weighted by Gasteiger charge is 2.11. The lowest BCUT2D eigenvalue weighted by atomic mass is 10.1. The zero-order chi connectivity index (χ0) is 24.7. The number of amides is 2. The maximum absolute atomic E-state index is 12.5. The van der Waals surface area contributed by atoms with Crippen LogP contribution in [0.4, 0.5) is 0 Å². The lowest BCUT2D eigenvalue weighted by molar-refractivity contribution is 0.0945. The van der Waals surface area contributed by atoms with Gasteiger partial charge in [-0.05, 0) is 59.7 Å². The van der Waals surface area contributed by atoms with Crippen molar-refractivity contribution in [3.8, 4) is 0 Å². The number of hydrogen-bond acceptors (Lipinski definition) is 7. The maximum atomic E-state index is 12.5. The van der Waals surface area contributed by atoms with Crippen molar-refractivity contribution in [2.24, 2.45) is 10.2 Å². The third-order valence-corrected chi connectivity index (χ3v) is 5.23. The fraction of sp³-hybridized carbons (Fsp3) is 0. The highest BCUT2D eigenvalue weighted by Crippen LogP contribution is 2.13. The first-order valence-electron chi connectivity index (χ1n) is 11.0. The van der Waals surface area contributed by atoms with Gasteiger partial charge in [0.2, 0.25) is 0 Å². The Bertz CT molecular complexity index is 1530. The van der Waals surface area contributed by atoms with Gasteiger partial charge in [0.1, 0.15) is 11.4 Å². The number of fused-ring (bicyclic) bond motifs is 2. The van der Waals surface area contributed by atoms with Gasteiger partial charge in [0.15, 0.2) is 0 Å². The number of carbonyl (C=O) groups is 2. The van der Waals surface area contributed by atoms with E-state index in [9.17, 15) is 9.59 Å². The second-order valence-electron chi connectivity index (χ2n) is 7.72. The minimum Gasteiger partial charge on any atom is -0.266 e. The summed E-state index contributed by atoms with van der Waals surface area (Å²) in [5.41, 5.74) is 8.30. The first-order valence-corrected chi connectivity index (χ1v) is 11.0. The van der Waals surface area contributed by atoms with Crippen molar-refractivity contribution < 1.29 is 9.59 Å². The summed E-state index contributed by atoms with van der Waals surface area (Å²) in [6.45, 7) is 0. The van der Waals surface area contributed by atoms with Gasteiger partial charge in [-0.25, -0.2) is 15.8 Å². The number of hydrazone groups is 2. The molecule has 0 unspecified atom stereocenters. The first kappa shape index (κ1) is 22.5. The molecule has 0 aliphatic carbocycles. The molecule has 0 aliphatic rings. The molecule has 0 spiro atoms. The molecule has 2 amide bonds. The number of pyridine rings is 3. The molecule has 2 aromatic carbocycles. The lowest BCUT2D eigenvalue weighted by Gasteiger charge is -2.03. The van der Waals surface area contributed by atoms with Gasteiger partial charge < -0.3 is 0 Å². The minimum atomic E-state index is -0.545. The van der Waals surface area contributed by atoms with E-state index < -0.39 is 11.8 Å². The molecule has 3 heterocycles. The molecule has 5 aromatic rings. The summed E-state index contributed by atoms with van der Waals surface area (Å²) in [7, 11) is 0. The summed E-state index contributed by atoms with van der Waals surface area (Å²) >= 11 is 0. The largest absolute Gasteiger partial charge is 0.289 e. The van der Waals surface area contributed by atoms with Crippen LogP contribution < -0.4 is 10.9 Å². The summed E-state index contributed by atoms with van der Waals surface area (Å²) in [5.74, 6) is -1.09. The Kier molecular flexibility index (Phi) is 6.44. The van der Waals surface area contributed by atoms with E-state index >= 15 is 0 Å². The molecule has 0 aliphatic heterocycles. The Labute approximate surface area is 205 Å². The molecule has 3 aromatic heterocycles. The van der Waals surface area contributed by atoms with Gasteiger partial charge in [0, 0.05) is 23.2 Å². The van der Waals surface area contributed by atoms with Gasteiger partial charge in [-0.2, -0.15) is 10.2 Å². The molecule has 0 atom stereocenters. The quantitative estimate of drug-likeness (QED) is 0.288. The Morgan fingerprint density at radius 1 is 0.639 bits per heavy atom. The number of benzene rings is 2. The van der Waals surface area contributed by atoms with Crippen LogP contribution in [-0.4, -0.2) is 39.2 Å². The van der Waals surface area contributed by atoms with Gasteiger partial charge >= 0.3 is 0 Å². The van der Waals surface area contributed by atoms with Crippen LogP contribution >= 0.6 is 0 Å². The zero-order valence-electron chi connectivity index (χ0n) is 18.9. The SMILES string of the molecule is O=C(NN=Cc1ccc2ncccc2c1)c1cccc(C(=O)NN=Cc2ccc3ncccc3c2)n1. The normalized spacial score (nSPS) is 11.3. The van der Waals surface area contributed by atoms with Crippen LogP contribution in [0.3, 0.4) is 0 Å². The molecular formula is C27H19N7O2. The molecule has 0 saturated heterocycles. The maximum Gasteiger partial charge on any atom is 0.289 e. The van der Waals surface area contributed by atoms with E-state index in [0.29, 0.717) is 0 Å². The lowest BCUT2D eigenvalue weighted by Crippen LogP contribution is -2.23. The Morgan fingerprint density at radius 3 is 1.64 bits per heavy atom. The molecule has 2 N–H and O–H groups in total. The van der Waals surface area contributed by atoms with Crippen molar-refractivity contribution in [2.75, 3.05) is 0 Å². The Hall–Kier alpha value is -5.31. The predicted octanol–water partition coefficient (Wildman–Crippen LogP) is 3.71. The van der Waals surface area contributed by atoms with Gasteiger partial charge in [-0.3, -0.25) is 19.6 Å². The molecule has 0 fully saturated rings. The number of hydrogen-bond donors (Lipinski definition) is 2. The number of carbonyl (C=O) groups excluding carboxylic acids is 2. The average Bonchev–Trinajstić information content (AvgIpc) is 2.93. The molecule has 5 rings (SSSR count). The smallest absolute Gasteiger partial charge is 0.266 e. The summed E-state index contributed by atoms with van der Waals surface area (Å²) < 4.78 is 0. The number of nitrogens with zero attached hydrogens (tertiary/aromatic N) is 5. The topological polar surface area (TPSA) is 122 Å². The fourth-order valence-electron chi connectivity index (χ4n) is 3.48. The summed E-state index contributed by atoms with van der Waals surface area (Å²) in [6.07, 6.45) is 6.51. The van der Waals surface area contributed by atoms with Crippen LogP contribution in [0.15, 0.2) is 101 Å². The highest BCUT2D eigenvalue weighted by atomic mass is 16.2. The average molecular weight is 473 g/mol. The molecule has 174 valence electrons. The number of rotatable bonds is 6. The van der Waals surface area contributed by atoms with E-state index in [4.69, 9.17) is 0 Å².